The van der Waals surface area contributed by atoms with Gasteiger partial charge >= 0.3 is 0 Å². The highest BCUT2D eigenvalue weighted by Crippen LogP contribution is 2.32. The van der Waals surface area contributed by atoms with Crippen molar-refractivity contribution >= 4 is 23.1 Å². The molecule has 0 radical (unpaired) electrons. The van der Waals surface area contributed by atoms with Crippen LogP contribution in [0.3, 0.4) is 0 Å². The van der Waals surface area contributed by atoms with E-state index in [1.54, 1.807) is 6.07 Å². The largest absolute Gasteiger partial charge is 0.357 e. The predicted molar refractivity (Wildman–Crippen MR) is 89.8 cm³/mol. The Hall–Kier alpha value is -2.09. The van der Waals surface area contributed by atoms with E-state index in [1.165, 1.54) is 11.3 Å². The van der Waals surface area contributed by atoms with E-state index in [2.05, 4.69) is 20.2 Å². The van der Waals surface area contributed by atoms with E-state index in [-0.39, 0.29) is 5.91 Å². The van der Waals surface area contributed by atoms with Gasteiger partial charge in [0.25, 0.3) is 5.91 Å². The van der Waals surface area contributed by atoms with Crippen molar-refractivity contribution in [3.63, 3.8) is 0 Å². The molecule has 0 bridgehead atoms. The fraction of sp³-hybridized carbons (Fsp3) is 0.438. The molecule has 0 aromatic carbocycles. The quantitative estimate of drug-likeness (QED) is 0.845. The maximum Gasteiger partial charge on any atom is 0.263 e. The Labute approximate surface area is 142 Å². The number of fused-ring (bicyclic) bond motifs is 1. The summed E-state index contributed by atoms with van der Waals surface area (Å²) in [4.78, 5) is 23.0. The van der Waals surface area contributed by atoms with Gasteiger partial charge in [-0.15, -0.1) is 11.3 Å². The molecule has 4 heterocycles. The molecule has 1 saturated heterocycles. The molecule has 2 aliphatic heterocycles. The number of hydrogen-bond acceptors (Lipinski definition) is 5. The van der Waals surface area contributed by atoms with Gasteiger partial charge in [-0.2, -0.15) is 4.39 Å². The highest BCUT2D eigenvalue weighted by Gasteiger charge is 2.24. The van der Waals surface area contributed by atoms with Crippen LogP contribution in [0.5, 0.6) is 0 Å². The molecule has 0 aliphatic carbocycles. The van der Waals surface area contributed by atoms with E-state index >= 15 is 0 Å². The highest BCUT2D eigenvalue weighted by atomic mass is 32.1. The number of nitrogens with one attached hydrogen (secondary N) is 1. The molecule has 24 heavy (non-hydrogen) atoms. The maximum absolute atomic E-state index is 14.4. The lowest BCUT2D eigenvalue weighted by molar-refractivity contribution is 0.0950. The van der Waals surface area contributed by atoms with Crippen molar-refractivity contribution in [2.75, 3.05) is 31.7 Å². The molecule has 1 fully saturated rings. The standard InChI is InChI=1S/C15H15FN4OS.CH3F/c16-13-9(3-4-11(19-13)20-7-1-2-8-20)15-18-10-5-6-17-14(21)12(10)22-15;1-2/h3-4H,1-2,5-8H2,(H,17,21);1H3. The van der Waals surface area contributed by atoms with Gasteiger partial charge in [-0.25, -0.2) is 9.97 Å². The first-order chi connectivity index (χ1) is 11.7. The van der Waals surface area contributed by atoms with E-state index in [0.717, 1.165) is 31.6 Å². The van der Waals surface area contributed by atoms with Gasteiger partial charge < -0.3 is 10.2 Å². The van der Waals surface area contributed by atoms with Gasteiger partial charge in [-0.05, 0) is 25.0 Å². The fourth-order valence-corrected chi connectivity index (χ4v) is 3.94. The van der Waals surface area contributed by atoms with Crippen molar-refractivity contribution in [3.8, 4) is 10.6 Å². The third-order valence-electron chi connectivity index (χ3n) is 4.05. The number of nitrogens with zero attached hydrogens (tertiary/aromatic N) is 3. The number of halogens is 2. The lowest BCUT2D eigenvalue weighted by atomic mass is 10.2. The molecule has 0 atom stereocenters. The van der Waals surface area contributed by atoms with Crippen LogP contribution in [0.25, 0.3) is 10.6 Å². The first-order valence-electron chi connectivity index (χ1n) is 7.80. The molecule has 5 nitrogen and oxygen atoms in total. The maximum atomic E-state index is 14.4. The molecule has 1 N–H and O–H groups in total. The van der Waals surface area contributed by atoms with Crippen LogP contribution >= 0.6 is 11.3 Å². The smallest absolute Gasteiger partial charge is 0.263 e. The van der Waals surface area contributed by atoms with Crippen LogP contribution in [0, 0.1) is 5.95 Å². The zero-order chi connectivity index (χ0) is 17.1. The molecule has 0 spiro atoms. The normalized spacial score (nSPS) is 16.3. The summed E-state index contributed by atoms with van der Waals surface area (Å²) in [6.07, 6.45) is 2.94. The van der Waals surface area contributed by atoms with E-state index in [4.69, 9.17) is 0 Å². The molecule has 2 aliphatic rings. The van der Waals surface area contributed by atoms with Crippen LogP contribution in [0.4, 0.5) is 14.6 Å². The fourth-order valence-electron chi connectivity index (χ4n) is 2.90. The molecule has 1 amide bonds. The molecule has 2 aromatic rings. The lowest BCUT2D eigenvalue weighted by Crippen LogP contribution is -2.30. The van der Waals surface area contributed by atoms with Gasteiger partial charge in [0.1, 0.15) is 15.7 Å². The summed E-state index contributed by atoms with van der Waals surface area (Å²) >= 11 is 1.23. The number of alkyl halides is 1. The summed E-state index contributed by atoms with van der Waals surface area (Å²) in [5, 5.41) is 3.31. The highest BCUT2D eigenvalue weighted by molar-refractivity contribution is 7.17. The Kier molecular flexibility index (Phi) is 5.03. The van der Waals surface area contributed by atoms with E-state index in [0.29, 0.717) is 41.4 Å². The SMILES string of the molecule is CF.O=C1NCCc2nc(-c3ccc(N4CCCC4)nc3F)sc21. The van der Waals surface area contributed by atoms with Crippen molar-refractivity contribution in [2.24, 2.45) is 0 Å². The Bertz CT molecular complexity index is 744. The average molecular weight is 352 g/mol. The van der Waals surface area contributed by atoms with Crippen molar-refractivity contribution in [3.05, 3.63) is 28.7 Å². The van der Waals surface area contributed by atoms with Crippen LogP contribution in [-0.2, 0) is 6.42 Å². The van der Waals surface area contributed by atoms with Gasteiger partial charge in [0.15, 0.2) is 0 Å². The Morgan fingerprint density at radius 1 is 1.21 bits per heavy atom. The first kappa shape index (κ1) is 16.8. The van der Waals surface area contributed by atoms with Gasteiger partial charge in [-0.3, -0.25) is 9.18 Å². The third kappa shape index (κ3) is 3.10. The number of thiazole rings is 1. The molecular formula is C16H18F2N4OS. The molecule has 128 valence electrons. The first-order valence-corrected chi connectivity index (χ1v) is 8.61. The Morgan fingerprint density at radius 2 is 1.96 bits per heavy atom. The minimum atomic E-state index is -0.518. The molecule has 4 rings (SSSR count). The summed E-state index contributed by atoms with van der Waals surface area (Å²) in [6, 6.07) is 3.56. The number of pyridine rings is 1. The summed E-state index contributed by atoms with van der Waals surface area (Å²) in [6.45, 7) is 2.44. The number of carbonyl (C=O) groups excluding carboxylic acids is 1. The minimum Gasteiger partial charge on any atom is -0.357 e. The number of aromatic nitrogens is 2. The van der Waals surface area contributed by atoms with Crippen LogP contribution in [0.1, 0.15) is 28.2 Å². The van der Waals surface area contributed by atoms with E-state index in [1.807, 2.05) is 6.07 Å². The van der Waals surface area contributed by atoms with Gasteiger partial charge in [-0.1, -0.05) is 0 Å². The molecule has 0 unspecified atom stereocenters. The molecular weight excluding hydrogens is 334 g/mol. The van der Waals surface area contributed by atoms with Crippen LogP contribution in [0.15, 0.2) is 12.1 Å². The minimum absolute atomic E-state index is 0.118. The summed E-state index contributed by atoms with van der Waals surface area (Å²) in [7, 11) is 0.500. The van der Waals surface area contributed by atoms with Crippen molar-refractivity contribution in [1.82, 2.24) is 15.3 Å². The zero-order valence-corrected chi connectivity index (χ0v) is 14.1. The van der Waals surface area contributed by atoms with Crippen molar-refractivity contribution in [1.29, 1.82) is 0 Å². The van der Waals surface area contributed by atoms with Crippen LogP contribution < -0.4 is 10.2 Å². The monoisotopic (exact) mass is 352 g/mol. The van der Waals surface area contributed by atoms with Gasteiger partial charge in [0.05, 0.1) is 18.4 Å². The topological polar surface area (TPSA) is 58.1 Å². The third-order valence-corrected chi connectivity index (χ3v) is 5.18. The molecule has 0 saturated carbocycles. The molecule has 8 heteroatoms. The second-order valence-electron chi connectivity index (χ2n) is 5.50. The number of rotatable bonds is 2. The molecule has 2 aromatic heterocycles. The van der Waals surface area contributed by atoms with Gasteiger partial charge in [0.2, 0.25) is 5.95 Å². The zero-order valence-electron chi connectivity index (χ0n) is 13.3. The Morgan fingerprint density at radius 3 is 2.62 bits per heavy atom. The lowest BCUT2D eigenvalue weighted by Gasteiger charge is -2.16. The van der Waals surface area contributed by atoms with Crippen LogP contribution in [-0.4, -0.2) is 42.7 Å². The summed E-state index contributed by atoms with van der Waals surface area (Å²) in [5.74, 6) is 0.0424. The second kappa shape index (κ2) is 7.21. The van der Waals surface area contributed by atoms with Crippen molar-refractivity contribution in [2.45, 2.75) is 19.3 Å². The summed E-state index contributed by atoms with van der Waals surface area (Å²) in [5.41, 5.74) is 1.13. The Balaban J connectivity index is 0.000000815. The van der Waals surface area contributed by atoms with Gasteiger partial charge in [0, 0.05) is 26.1 Å². The number of amides is 1. The van der Waals surface area contributed by atoms with E-state index < -0.39 is 5.95 Å². The van der Waals surface area contributed by atoms with Crippen molar-refractivity contribution < 1.29 is 13.6 Å². The number of anilines is 1. The summed E-state index contributed by atoms with van der Waals surface area (Å²) < 4.78 is 23.9. The van der Waals surface area contributed by atoms with Crippen LogP contribution in [0.2, 0.25) is 0 Å². The second-order valence-corrected chi connectivity index (χ2v) is 6.50. The predicted octanol–water partition coefficient (Wildman–Crippen LogP) is 2.82. The number of hydrogen-bond donors (Lipinski definition) is 1. The number of carbonyl (C=O) groups is 1. The van der Waals surface area contributed by atoms with E-state index in [9.17, 15) is 13.6 Å². The average Bonchev–Trinajstić information content (AvgIpc) is 3.27.